The van der Waals surface area contributed by atoms with Crippen LogP contribution in [0.1, 0.15) is 0 Å². The summed E-state index contributed by atoms with van der Waals surface area (Å²) >= 11 is 1.86. The van der Waals surface area contributed by atoms with Gasteiger partial charge in [-0.1, -0.05) is 140 Å². The molecule has 0 aliphatic rings. The summed E-state index contributed by atoms with van der Waals surface area (Å²) < 4.78 is 9.07. The van der Waals surface area contributed by atoms with Crippen LogP contribution in [0.2, 0.25) is 0 Å². The standard InChI is InChI=1S/C52H33NOS/c1-2-15-41-35(11-1)12-10-19-42(41)37-13-9-14-38(31-37)43-16-3-6-20-48(43)53(40-28-30-45-44-17-4-7-21-49(44)54-50(45)33-40)39-26-23-34(24-27-39)36-25-29-47-46-18-5-8-22-51(46)55-52(47)32-36/h1-33H. The van der Waals surface area contributed by atoms with Crippen LogP contribution >= 0.6 is 11.3 Å². The lowest BCUT2D eigenvalue weighted by molar-refractivity contribution is 0.669. The van der Waals surface area contributed by atoms with Crippen molar-refractivity contribution in [2.75, 3.05) is 4.90 Å². The van der Waals surface area contributed by atoms with Crippen LogP contribution in [-0.4, -0.2) is 0 Å². The van der Waals surface area contributed by atoms with E-state index in [9.17, 15) is 0 Å². The molecule has 2 heterocycles. The summed E-state index contributed by atoms with van der Waals surface area (Å²) in [5.41, 5.74) is 12.1. The highest BCUT2D eigenvalue weighted by Gasteiger charge is 2.20. The summed E-state index contributed by atoms with van der Waals surface area (Å²) in [7, 11) is 0. The van der Waals surface area contributed by atoms with Gasteiger partial charge < -0.3 is 9.32 Å². The number of rotatable bonds is 6. The Morgan fingerprint density at radius 1 is 0.345 bits per heavy atom. The number of benzene rings is 9. The van der Waals surface area contributed by atoms with E-state index < -0.39 is 0 Å². The summed E-state index contributed by atoms with van der Waals surface area (Å²) in [6.45, 7) is 0. The fraction of sp³-hybridized carbons (Fsp3) is 0. The molecule has 258 valence electrons. The molecule has 3 heteroatoms. The van der Waals surface area contributed by atoms with Gasteiger partial charge >= 0.3 is 0 Å². The van der Waals surface area contributed by atoms with E-state index in [1.54, 1.807) is 0 Å². The van der Waals surface area contributed by atoms with E-state index in [0.29, 0.717) is 0 Å². The fourth-order valence-electron chi connectivity index (χ4n) is 8.23. The number of thiophene rings is 1. The molecule has 0 saturated carbocycles. The molecule has 0 N–H and O–H groups in total. The van der Waals surface area contributed by atoms with Gasteiger partial charge in [0.15, 0.2) is 0 Å². The molecule has 2 nitrogen and oxygen atoms in total. The Morgan fingerprint density at radius 2 is 0.964 bits per heavy atom. The Kier molecular flexibility index (Phi) is 7.39. The highest BCUT2D eigenvalue weighted by atomic mass is 32.1. The van der Waals surface area contributed by atoms with Crippen molar-refractivity contribution in [2.24, 2.45) is 0 Å². The minimum atomic E-state index is 0.868. The molecule has 2 aromatic heterocycles. The molecule has 55 heavy (non-hydrogen) atoms. The molecule has 0 fully saturated rings. The van der Waals surface area contributed by atoms with Crippen LogP contribution in [-0.2, 0) is 0 Å². The zero-order valence-electron chi connectivity index (χ0n) is 29.8. The Hall–Kier alpha value is -6.94. The first-order valence-electron chi connectivity index (χ1n) is 18.7. The number of fused-ring (bicyclic) bond motifs is 7. The molecule has 9 aromatic carbocycles. The van der Waals surface area contributed by atoms with Crippen LogP contribution < -0.4 is 4.90 Å². The third-order valence-electron chi connectivity index (χ3n) is 10.9. The van der Waals surface area contributed by atoms with Gasteiger partial charge in [0.25, 0.3) is 0 Å². The Bertz CT molecular complexity index is 3220. The van der Waals surface area contributed by atoms with E-state index in [-0.39, 0.29) is 0 Å². The van der Waals surface area contributed by atoms with Crippen molar-refractivity contribution in [2.45, 2.75) is 0 Å². The van der Waals surface area contributed by atoms with Gasteiger partial charge in [-0.05, 0) is 93.2 Å². The maximum Gasteiger partial charge on any atom is 0.137 e. The normalized spacial score (nSPS) is 11.6. The van der Waals surface area contributed by atoms with Gasteiger partial charge in [0.05, 0.1) is 5.69 Å². The molecule has 11 aromatic rings. The van der Waals surface area contributed by atoms with E-state index in [1.165, 1.54) is 53.2 Å². The Balaban J connectivity index is 1.05. The number of nitrogens with zero attached hydrogens (tertiary/aromatic N) is 1. The molecule has 0 bridgehead atoms. The molecule has 0 atom stereocenters. The van der Waals surface area contributed by atoms with Crippen molar-refractivity contribution in [1.29, 1.82) is 0 Å². The quantitative estimate of drug-likeness (QED) is 0.170. The Morgan fingerprint density at radius 3 is 1.87 bits per heavy atom. The largest absolute Gasteiger partial charge is 0.456 e. The van der Waals surface area contributed by atoms with Crippen LogP contribution in [0.4, 0.5) is 17.1 Å². The predicted octanol–water partition coefficient (Wildman–Crippen LogP) is 15.6. The summed E-state index contributed by atoms with van der Waals surface area (Å²) in [6.07, 6.45) is 0. The van der Waals surface area contributed by atoms with Gasteiger partial charge in [-0.2, -0.15) is 0 Å². The van der Waals surface area contributed by atoms with Crippen molar-refractivity contribution in [3.63, 3.8) is 0 Å². The zero-order valence-corrected chi connectivity index (χ0v) is 30.6. The SMILES string of the molecule is c1cc(-c2ccccc2N(c2ccc(-c3ccc4c(c3)sc3ccccc34)cc2)c2ccc3c(c2)oc2ccccc23)cc(-c2cccc3ccccc23)c1. The van der Waals surface area contributed by atoms with Gasteiger partial charge in [-0.3, -0.25) is 0 Å². The van der Waals surface area contributed by atoms with Crippen LogP contribution in [0.25, 0.3) is 86.3 Å². The molecule has 0 radical (unpaired) electrons. The smallest absolute Gasteiger partial charge is 0.137 e. The van der Waals surface area contributed by atoms with Gasteiger partial charge in [0.1, 0.15) is 11.2 Å². The monoisotopic (exact) mass is 719 g/mol. The molecule has 0 amide bonds. The van der Waals surface area contributed by atoms with Crippen LogP contribution in [0, 0.1) is 0 Å². The minimum absolute atomic E-state index is 0.868. The molecule has 0 saturated heterocycles. The number of hydrogen-bond donors (Lipinski definition) is 0. The van der Waals surface area contributed by atoms with E-state index in [4.69, 9.17) is 4.42 Å². The number of para-hydroxylation sites is 2. The second kappa shape index (κ2) is 12.9. The summed E-state index contributed by atoms with van der Waals surface area (Å²) in [5, 5.41) is 7.37. The summed E-state index contributed by atoms with van der Waals surface area (Å²) in [4.78, 5) is 2.37. The molecule has 0 unspecified atom stereocenters. The van der Waals surface area contributed by atoms with Crippen molar-refractivity contribution in [3.05, 3.63) is 200 Å². The van der Waals surface area contributed by atoms with E-state index in [0.717, 1.165) is 50.1 Å². The fourth-order valence-corrected chi connectivity index (χ4v) is 9.38. The lowest BCUT2D eigenvalue weighted by atomic mass is 9.94. The van der Waals surface area contributed by atoms with Crippen LogP contribution in [0.5, 0.6) is 0 Å². The number of anilines is 3. The zero-order chi connectivity index (χ0) is 36.3. The van der Waals surface area contributed by atoms with Crippen LogP contribution in [0.15, 0.2) is 205 Å². The van der Waals surface area contributed by atoms with Gasteiger partial charge in [-0.25, -0.2) is 0 Å². The lowest BCUT2D eigenvalue weighted by Gasteiger charge is -2.28. The lowest BCUT2D eigenvalue weighted by Crippen LogP contribution is -2.11. The molecule has 0 aliphatic heterocycles. The predicted molar refractivity (Wildman–Crippen MR) is 235 cm³/mol. The molecular formula is C52H33NOS. The number of furan rings is 1. The van der Waals surface area contributed by atoms with E-state index >= 15 is 0 Å². The van der Waals surface area contributed by atoms with Crippen molar-refractivity contribution in [1.82, 2.24) is 0 Å². The molecule has 0 aliphatic carbocycles. The Labute approximate surface area is 322 Å². The minimum Gasteiger partial charge on any atom is -0.456 e. The van der Waals surface area contributed by atoms with Crippen molar-refractivity contribution >= 4 is 81.3 Å². The summed E-state index contributed by atoms with van der Waals surface area (Å²) in [6, 6.07) is 72.3. The van der Waals surface area contributed by atoms with Crippen LogP contribution in [0.3, 0.4) is 0 Å². The van der Waals surface area contributed by atoms with E-state index in [2.05, 4.69) is 193 Å². The van der Waals surface area contributed by atoms with Gasteiger partial charge in [0.2, 0.25) is 0 Å². The van der Waals surface area contributed by atoms with Crippen molar-refractivity contribution < 1.29 is 4.42 Å². The highest BCUT2D eigenvalue weighted by Crippen LogP contribution is 2.44. The maximum absolute atomic E-state index is 6.44. The van der Waals surface area contributed by atoms with Gasteiger partial charge in [-0.15, -0.1) is 11.3 Å². The van der Waals surface area contributed by atoms with E-state index in [1.807, 2.05) is 23.5 Å². The average molecular weight is 720 g/mol. The maximum atomic E-state index is 6.44. The molecule has 11 rings (SSSR count). The first-order chi connectivity index (χ1) is 27.2. The number of hydrogen-bond acceptors (Lipinski definition) is 3. The third kappa shape index (κ3) is 5.40. The average Bonchev–Trinajstić information content (AvgIpc) is 3.82. The topological polar surface area (TPSA) is 16.4 Å². The van der Waals surface area contributed by atoms with Crippen molar-refractivity contribution in [3.8, 4) is 33.4 Å². The highest BCUT2D eigenvalue weighted by molar-refractivity contribution is 7.25. The second-order valence-corrected chi connectivity index (χ2v) is 15.2. The molecular weight excluding hydrogens is 687 g/mol. The summed E-state index contributed by atoms with van der Waals surface area (Å²) in [5.74, 6) is 0. The third-order valence-corrected chi connectivity index (χ3v) is 12.0. The first kappa shape index (κ1) is 31.6. The second-order valence-electron chi connectivity index (χ2n) is 14.1. The molecule has 0 spiro atoms. The first-order valence-corrected chi connectivity index (χ1v) is 19.5. The van der Waals surface area contributed by atoms with Gasteiger partial charge in [0, 0.05) is 53.9 Å².